The predicted octanol–water partition coefficient (Wildman–Crippen LogP) is 5.19. The van der Waals surface area contributed by atoms with Gasteiger partial charge in [0.15, 0.2) is 0 Å². The first-order valence-electron chi connectivity index (χ1n) is 11.0. The lowest BCUT2D eigenvalue weighted by atomic mass is 10.00. The van der Waals surface area contributed by atoms with Crippen LogP contribution in [0.25, 0.3) is 0 Å². The van der Waals surface area contributed by atoms with Crippen LogP contribution in [0.4, 0.5) is 4.39 Å². The molecule has 7 heteroatoms. The number of carbonyl (C=O) groups excluding carboxylic acids is 1. The molecular weight excluding hydrogens is 437 g/mol. The topological polar surface area (TPSA) is 53.9 Å². The quantitative estimate of drug-likeness (QED) is 0.297. The molecule has 174 valence electrons. The normalized spacial score (nSPS) is 14.4. The van der Waals surface area contributed by atoms with Crippen molar-refractivity contribution in [2.24, 2.45) is 10.9 Å². The molecule has 0 saturated heterocycles. The number of hydrazine groups is 1. The number of carbonyl (C=O) groups is 1. The molecule has 0 radical (unpaired) electrons. The molecule has 1 heterocycles. The Morgan fingerprint density at radius 2 is 2.09 bits per heavy atom. The average Bonchev–Trinajstić information content (AvgIpc) is 2.93. The van der Waals surface area contributed by atoms with E-state index < -0.39 is 5.92 Å². The summed E-state index contributed by atoms with van der Waals surface area (Å²) in [6, 6.07) is 14.4. The van der Waals surface area contributed by atoms with Crippen molar-refractivity contribution in [3.8, 4) is 0 Å². The van der Waals surface area contributed by atoms with Crippen LogP contribution in [0.3, 0.4) is 0 Å². The highest BCUT2D eigenvalue weighted by molar-refractivity contribution is 8.03. The van der Waals surface area contributed by atoms with Crippen molar-refractivity contribution in [3.63, 3.8) is 0 Å². The summed E-state index contributed by atoms with van der Waals surface area (Å²) < 4.78 is 19.4. The van der Waals surface area contributed by atoms with Crippen LogP contribution in [0.5, 0.6) is 0 Å². The van der Waals surface area contributed by atoms with Crippen molar-refractivity contribution in [2.75, 3.05) is 26.8 Å². The number of allylic oxidation sites excluding steroid dienone is 2. The van der Waals surface area contributed by atoms with Crippen molar-refractivity contribution < 1.29 is 13.9 Å². The molecule has 0 aromatic heterocycles. The molecule has 0 bridgehead atoms. The second-order valence-electron chi connectivity index (χ2n) is 7.71. The molecule has 1 aliphatic rings. The summed E-state index contributed by atoms with van der Waals surface area (Å²) in [7, 11) is 1.81. The van der Waals surface area contributed by atoms with Gasteiger partial charge in [0.25, 0.3) is 0 Å². The number of ether oxygens (including phenoxy) is 1. The van der Waals surface area contributed by atoms with Gasteiger partial charge in [0.2, 0.25) is 5.91 Å². The van der Waals surface area contributed by atoms with Crippen LogP contribution < -0.4 is 5.43 Å². The van der Waals surface area contributed by atoms with Gasteiger partial charge < -0.3 is 4.74 Å². The number of nitrogens with one attached hydrogen (secondary N) is 1. The Balaban J connectivity index is 1.88. The van der Waals surface area contributed by atoms with Gasteiger partial charge in [0.1, 0.15) is 5.82 Å². The minimum absolute atomic E-state index is 0.154. The zero-order valence-electron chi connectivity index (χ0n) is 19.3. The fraction of sp³-hybridized carbons (Fsp3) is 0.308. The first-order valence-corrected chi connectivity index (χ1v) is 11.8. The second-order valence-corrected chi connectivity index (χ2v) is 8.97. The average molecular weight is 468 g/mol. The van der Waals surface area contributed by atoms with E-state index in [9.17, 15) is 9.18 Å². The Kier molecular flexibility index (Phi) is 9.00. The number of benzene rings is 2. The first-order chi connectivity index (χ1) is 15.9. The van der Waals surface area contributed by atoms with Gasteiger partial charge in [-0.3, -0.25) is 15.2 Å². The number of rotatable bonds is 10. The summed E-state index contributed by atoms with van der Waals surface area (Å²) in [4.78, 5) is 19.9. The molecule has 33 heavy (non-hydrogen) atoms. The lowest BCUT2D eigenvalue weighted by Gasteiger charge is -2.21. The highest BCUT2D eigenvalue weighted by atomic mass is 32.2. The minimum atomic E-state index is -0.469. The SMILES string of the molecule is C=CC(CC1=C(C)Sc2ccccc2C(c2cccc(F)c2)=N1)C(=O)NN(C)CCOCC. The standard InChI is InChI=1S/C26H30FN3O2S/c1-5-19(26(31)29-30(4)14-15-32-6-2)17-23-18(3)33-24-13-8-7-12-22(24)25(28-23)20-10-9-11-21(27)16-20/h5,7-13,16,19H,1,6,14-15,17H2,2-4H3,(H,29,31). The van der Waals surface area contributed by atoms with Crippen molar-refractivity contribution in [1.82, 2.24) is 10.4 Å². The lowest BCUT2D eigenvalue weighted by Crippen LogP contribution is -2.43. The van der Waals surface area contributed by atoms with Crippen molar-refractivity contribution in [2.45, 2.75) is 25.2 Å². The number of fused-ring (bicyclic) bond motifs is 1. The van der Waals surface area contributed by atoms with E-state index in [4.69, 9.17) is 9.73 Å². The largest absolute Gasteiger partial charge is 0.380 e. The van der Waals surface area contributed by atoms with Gasteiger partial charge in [0, 0.05) is 47.5 Å². The van der Waals surface area contributed by atoms with Gasteiger partial charge in [-0.15, -0.1) is 6.58 Å². The fourth-order valence-corrected chi connectivity index (χ4v) is 4.46. The number of halogens is 1. The maximum absolute atomic E-state index is 14.0. The molecule has 5 nitrogen and oxygen atoms in total. The van der Waals surface area contributed by atoms with E-state index in [2.05, 4.69) is 12.0 Å². The molecule has 2 aromatic carbocycles. The molecule has 1 unspecified atom stereocenters. The summed E-state index contributed by atoms with van der Waals surface area (Å²) >= 11 is 1.61. The van der Waals surface area contributed by atoms with Crippen LogP contribution in [0.2, 0.25) is 0 Å². The van der Waals surface area contributed by atoms with Gasteiger partial charge in [-0.05, 0) is 32.0 Å². The van der Waals surface area contributed by atoms with Gasteiger partial charge in [-0.25, -0.2) is 9.40 Å². The molecule has 3 rings (SSSR count). The maximum atomic E-state index is 14.0. The second kappa shape index (κ2) is 11.9. The van der Waals surface area contributed by atoms with E-state index in [0.717, 1.165) is 21.1 Å². The van der Waals surface area contributed by atoms with Crippen molar-refractivity contribution in [1.29, 1.82) is 0 Å². The number of hydrogen-bond donors (Lipinski definition) is 1. The smallest absolute Gasteiger partial charge is 0.241 e. The van der Waals surface area contributed by atoms with Crippen LogP contribution in [0.1, 0.15) is 31.4 Å². The third-order valence-corrected chi connectivity index (χ3v) is 6.38. The lowest BCUT2D eigenvalue weighted by molar-refractivity contribution is -0.128. The van der Waals surface area contributed by atoms with Crippen molar-refractivity contribution in [3.05, 3.63) is 88.7 Å². The molecule has 1 aliphatic heterocycles. The number of nitrogens with zero attached hydrogens (tertiary/aromatic N) is 2. The third kappa shape index (κ3) is 6.63. The maximum Gasteiger partial charge on any atom is 0.241 e. The summed E-state index contributed by atoms with van der Waals surface area (Å²) in [5.41, 5.74) is 6.02. The summed E-state index contributed by atoms with van der Waals surface area (Å²) in [5, 5.41) is 1.72. The Morgan fingerprint density at radius 1 is 1.30 bits per heavy atom. The number of amides is 1. The molecule has 0 spiro atoms. The van der Waals surface area contributed by atoms with Crippen molar-refractivity contribution >= 4 is 23.4 Å². The Morgan fingerprint density at radius 3 is 2.82 bits per heavy atom. The fourth-order valence-electron chi connectivity index (χ4n) is 3.46. The zero-order chi connectivity index (χ0) is 23.8. The van der Waals surface area contributed by atoms with E-state index in [1.807, 2.05) is 44.2 Å². The molecule has 2 aromatic rings. The predicted molar refractivity (Wildman–Crippen MR) is 133 cm³/mol. The molecular formula is C26H30FN3O2S. The zero-order valence-corrected chi connectivity index (χ0v) is 20.1. The molecule has 0 aliphatic carbocycles. The molecule has 1 amide bonds. The monoisotopic (exact) mass is 467 g/mol. The molecule has 1 N–H and O–H groups in total. The third-order valence-electron chi connectivity index (χ3n) is 5.27. The Bertz CT molecular complexity index is 1070. The van der Waals surface area contributed by atoms with Crippen LogP contribution in [0, 0.1) is 11.7 Å². The molecule has 0 saturated carbocycles. The van der Waals surface area contributed by atoms with Crippen LogP contribution in [-0.4, -0.2) is 43.4 Å². The Hall–Kier alpha value is -2.74. The van der Waals surface area contributed by atoms with Crippen LogP contribution in [-0.2, 0) is 9.53 Å². The van der Waals surface area contributed by atoms with E-state index in [1.165, 1.54) is 12.1 Å². The van der Waals surface area contributed by atoms with Gasteiger partial charge in [0.05, 0.1) is 23.9 Å². The number of thioether (sulfide) groups is 1. The number of aliphatic imine (C=N–C) groups is 1. The summed E-state index contributed by atoms with van der Waals surface area (Å²) in [5.74, 6) is -0.937. The highest BCUT2D eigenvalue weighted by Gasteiger charge is 2.23. The molecule has 0 fully saturated rings. The minimum Gasteiger partial charge on any atom is -0.380 e. The summed E-state index contributed by atoms with van der Waals surface area (Å²) in [6.07, 6.45) is 2.03. The van der Waals surface area contributed by atoms with Gasteiger partial charge in [-0.2, -0.15) is 0 Å². The molecule has 1 atom stereocenters. The van der Waals surface area contributed by atoms with E-state index in [1.54, 1.807) is 36.0 Å². The first kappa shape index (κ1) is 24.9. The summed E-state index contributed by atoms with van der Waals surface area (Å²) in [6.45, 7) is 9.56. The van der Waals surface area contributed by atoms with Crippen LogP contribution >= 0.6 is 11.8 Å². The highest BCUT2D eigenvalue weighted by Crippen LogP contribution is 2.38. The van der Waals surface area contributed by atoms with Gasteiger partial charge >= 0.3 is 0 Å². The van der Waals surface area contributed by atoms with E-state index in [-0.39, 0.29) is 11.7 Å². The Labute approximate surface area is 199 Å². The van der Waals surface area contributed by atoms with Gasteiger partial charge in [-0.1, -0.05) is 48.2 Å². The number of hydrogen-bond acceptors (Lipinski definition) is 5. The number of likely N-dealkylation sites (N-methyl/N-ethyl adjacent to an activating group) is 1. The van der Waals surface area contributed by atoms with E-state index >= 15 is 0 Å². The van der Waals surface area contributed by atoms with Crippen LogP contribution in [0.15, 0.2) is 81.7 Å². The van der Waals surface area contributed by atoms with E-state index in [0.29, 0.717) is 37.5 Å².